The van der Waals surface area contributed by atoms with Gasteiger partial charge in [-0.2, -0.15) is 0 Å². The summed E-state index contributed by atoms with van der Waals surface area (Å²) in [6.07, 6.45) is 7.35. The van der Waals surface area contributed by atoms with Crippen LogP contribution in [0, 0.1) is 53.3 Å². The summed E-state index contributed by atoms with van der Waals surface area (Å²) in [7, 11) is 0. The summed E-state index contributed by atoms with van der Waals surface area (Å²) in [5.41, 5.74) is 0. The fraction of sp³-hybridized carbons (Fsp3) is 1.00. The van der Waals surface area contributed by atoms with E-state index < -0.39 is 0 Å². The third-order valence-corrected chi connectivity index (χ3v) is 7.96. The van der Waals surface area contributed by atoms with Crippen LogP contribution in [0.5, 0.6) is 0 Å². The van der Waals surface area contributed by atoms with E-state index in [1.54, 1.807) is 0 Å². The van der Waals surface area contributed by atoms with Gasteiger partial charge in [0, 0.05) is 0 Å². The molecule has 0 aromatic carbocycles. The Morgan fingerprint density at radius 3 is 1.83 bits per heavy atom. The first-order chi connectivity index (χ1) is 10.6. The van der Waals surface area contributed by atoms with E-state index >= 15 is 0 Å². The molecule has 0 nitrogen and oxygen atoms in total. The molecule has 0 spiro atoms. The largest absolute Gasteiger partial charge is 0.0625 e. The van der Waals surface area contributed by atoms with Crippen molar-refractivity contribution >= 4 is 0 Å². The van der Waals surface area contributed by atoms with Crippen LogP contribution in [-0.4, -0.2) is 0 Å². The van der Waals surface area contributed by atoms with Gasteiger partial charge in [0.15, 0.2) is 0 Å². The van der Waals surface area contributed by atoms with Crippen molar-refractivity contribution in [2.24, 2.45) is 53.3 Å². The van der Waals surface area contributed by atoms with Crippen molar-refractivity contribution in [1.29, 1.82) is 0 Å². The fourth-order valence-electron chi connectivity index (χ4n) is 5.07. The summed E-state index contributed by atoms with van der Waals surface area (Å²) in [5.74, 6) is 7.88. The van der Waals surface area contributed by atoms with Crippen LogP contribution in [0.25, 0.3) is 0 Å². The maximum atomic E-state index is 2.54. The lowest BCUT2D eigenvalue weighted by atomic mass is 9.68. The molecular weight excluding hydrogens is 276 g/mol. The maximum Gasteiger partial charge on any atom is -0.0386 e. The molecule has 0 bridgehead atoms. The minimum Gasteiger partial charge on any atom is -0.0625 e. The van der Waals surface area contributed by atoms with E-state index in [4.69, 9.17) is 0 Å². The van der Waals surface area contributed by atoms with Crippen LogP contribution < -0.4 is 0 Å². The van der Waals surface area contributed by atoms with Gasteiger partial charge in [0.2, 0.25) is 0 Å². The first-order valence-electron chi connectivity index (χ1n) is 10.6. The van der Waals surface area contributed by atoms with Gasteiger partial charge >= 0.3 is 0 Å². The van der Waals surface area contributed by atoms with Gasteiger partial charge in [-0.05, 0) is 66.1 Å². The van der Waals surface area contributed by atoms with E-state index in [-0.39, 0.29) is 0 Å². The first-order valence-corrected chi connectivity index (χ1v) is 10.6. The average Bonchev–Trinajstić information content (AvgIpc) is 2.51. The summed E-state index contributed by atoms with van der Waals surface area (Å²) >= 11 is 0. The van der Waals surface area contributed by atoms with E-state index in [1.165, 1.54) is 32.1 Å². The molecule has 23 heavy (non-hydrogen) atoms. The zero-order valence-corrected chi connectivity index (χ0v) is 17.7. The lowest BCUT2D eigenvalue weighted by Gasteiger charge is -2.38. The van der Waals surface area contributed by atoms with Gasteiger partial charge in [-0.25, -0.2) is 0 Å². The van der Waals surface area contributed by atoms with E-state index in [2.05, 4.69) is 62.3 Å². The molecule has 0 aromatic rings. The second kappa shape index (κ2) is 9.47. The summed E-state index contributed by atoms with van der Waals surface area (Å²) in [4.78, 5) is 0. The van der Waals surface area contributed by atoms with Crippen molar-refractivity contribution in [2.45, 2.75) is 94.4 Å². The smallest absolute Gasteiger partial charge is 0.0386 e. The van der Waals surface area contributed by atoms with Crippen molar-refractivity contribution in [3.8, 4) is 0 Å². The van der Waals surface area contributed by atoms with Gasteiger partial charge in [0.1, 0.15) is 0 Å². The Kier molecular flexibility index (Phi) is 8.67. The highest BCUT2D eigenvalue weighted by atomic mass is 14.4. The second-order valence-electron chi connectivity index (χ2n) is 9.90. The Hall–Kier alpha value is 0. The molecule has 0 heterocycles. The van der Waals surface area contributed by atoms with Crippen molar-refractivity contribution in [3.05, 3.63) is 0 Å². The predicted octanol–water partition coefficient (Wildman–Crippen LogP) is 7.68. The molecule has 1 aliphatic rings. The SMILES string of the molecule is CC1CCCC(C(C)CC(C)C(C)C(C)C(C)C(C)C(C)C)C1. The van der Waals surface area contributed by atoms with Gasteiger partial charge in [-0.1, -0.05) is 81.6 Å². The standard InChI is InChI=1S/C23H46/c1-15(2)19(6)21(8)22(9)20(7)17(4)14-18(5)23-12-10-11-16(3)13-23/h15-23H,10-14H2,1-9H3. The van der Waals surface area contributed by atoms with Gasteiger partial charge < -0.3 is 0 Å². The molecule has 1 rings (SSSR count). The summed E-state index contributed by atoms with van der Waals surface area (Å²) in [6.45, 7) is 22.3. The molecule has 0 amide bonds. The predicted molar refractivity (Wildman–Crippen MR) is 106 cm³/mol. The summed E-state index contributed by atoms with van der Waals surface area (Å²) in [6, 6.07) is 0. The van der Waals surface area contributed by atoms with E-state index in [0.29, 0.717) is 0 Å². The molecule has 1 fully saturated rings. The van der Waals surface area contributed by atoms with Gasteiger partial charge in [-0.3, -0.25) is 0 Å². The highest BCUT2D eigenvalue weighted by Crippen LogP contribution is 2.40. The number of hydrogen-bond acceptors (Lipinski definition) is 0. The number of hydrogen-bond donors (Lipinski definition) is 0. The molecule has 8 atom stereocenters. The molecule has 138 valence electrons. The molecule has 0 radical (unpaired) electrons. The van der Waals surface area contributed by atoms with Gasteiger partial charge in [-0.15, -0.1) is 0 Å². The maximum absolute atomic E-state index is 2.54. The van der Waals surface area contributed by atoms with E-state index in [1.807, 2.05) is 0 Å². The Bertz CT molecular complexity index is 318. The van der Waals surface area contributed by atoms with Crippen LogP contribution in [0.2, 0.25) is 0 Å². The third kappa shape index (κ3) is 6.09. The van der Waals surface area contributed by atoms with Crippen LogP contribution in [0.4, 0.5) is 0 Å². The van der Waals surface area contributed by atoms with Crippen LogP contribution >= 0.6 is 0 Å². The Morgan fingerprint density at radius 2 is 1.30 bits per heavy atom. The fourth-order valence-corrected chi connectivity index (χ4v) is 5.07. The minimum absolute atomic E-state index is 0.803. The molecule has 0 aromatic heterocycles. The Labute approximate surface area is 148 Å². The van der Waals surface area contributed by atoms with E-state index in [0.717, 1.165) is 53.3 Å². The first kappa shape index (κ1) is 21.0. The van der Waals surface area contributed by atoms with Crippen LogP contribution in [0.1, 0.15) is 94.4 Å². The minimum atomic E-state index is 0.803. The monoisotopic (exact) mass is 322 g/mol. The molecule has 0 heteroatoms. The molecule has 0 N–H and O–H groups in total. The second-order valence-corrected chi connectivity index (χ2v) is 9.90. The van der Waals surface area contributed by atoms with Crippen LogP contribution in [0.3, 0.4) is 0 Å². The molecule has 1 saturated carbocycles. The van der Waals surface area contributed by atoms with Gasteiger partial charge in [0.25, 0.3) is 0 Å². The Morgan fingerprint density at radius 1 is 0.739 bits per heavy atom. The average molecular weight is 323 g/mol. The van der Waals surface area contributed by atoms with Crippen molar-refractivity contribution < 1.29 is 0 Å². The Balaban J connectivity index is 2.53. The normalized spacial score (nSPS) is 30.5. The third-order valence-electron chi connectivity index (χ3n) is 7.96. The van der Waals surface area contributed by atoms with Crippen molar-refractivity contribution in [1.82, 2.24) is 0 Å². The lowest BCUT2D eigenvalue weighted by molar-refractivity contribution is 0.118. The number of rotatable bonds is 8. The molecular formula is C23H46. The van der Waals surface area contributed by atoms with Crippen LogP contribution in [-0.2, 0) is 0 Å². The zero-order chi connectivity index (χ0) is 17.7. The molecule has 0 aliphatic heterocycles. The van der Waals surface area contributed by atoms with Gasteiger partial charge in [0.05, 0.1) is 0 Å². The molecule has 8 unspecified atom stereocenters. The quantitative estimate of drug-likeness (QED) is 0.430. The van der Waals surface area contributed by atoms with E-state index in [9.17, 15) is 0 Å². The molecule has 1 aliphatic carbocycles. The lowest BCUT2D eigenvalue weighted by Crippen LogP contribution is -2.30. The highest BCUT2D eigenvalue weighted by Gasteiger charge is 2.31. The summed E-state index contributed by atoms with van der Waals surface area (Å²) in [5, 5.41) is 0. The van der Waals surface area contributed by atoms with Crippen molar-refractivity contribution in [2.75, 3.05) is 0 Å². The molecule has 0 saturated heterocycles. The van der Waals surface area contributed by atoms with Crippen molar-refractivity contribution in [3.63, 3.8) is 0 Å². The van der Waals surface area contributed by atoms with Crippen LogP contribution in [0.15, 0.2) is 0 Å². The topological polar surface area (TPSA) is 0 Å². The zero-order valence-electron chi connectivity index (χ0n) is 17.7. The highest BCUT2D eigenvalue weighted by molar-refractivity contribution is 4.80. The summed E-state index contributed by atoms with van der Waals surface area (Å²) < 4.78 is 0.